The van der Waals surface area contributed by atoms with Gasteiger partial charge in [0, 0.05) is 24.9 Å². The van der Waals surface area contributed by atoms with Crippen LogP contribution in [0, 0.1) is 5.92 Å². The Kier molecular flexibility index (Phi) is 20.2. The molecule has 0 saturated carbocycles. The molecule has 39 heavy (non-hydrogen) atoms. The molecule has 1 aromatic rings. The van der Waals surface area contributed by atoms with Crippen molar-refractivity contribution in [2.24, 2.45) is 5.92 Å². The molecule has 0 aromatic heterocycles. The van der Waals surface area contributed by atoms with Crippen molar-refractivity contribution in [2.45, 2.75) is 129 Å². The summed E-state index contributed by atoms with van der Waals surface area (Å²) in [5, 5.41) is 30.0. The Balaban J connectivity index is 1.81. The third-order valence-corrected chi connectivity index (χ3v) is 7.40. The molecule has 1 aromatic carbocycles. The molecule has 7 nitrogen and oxygen atoms in total. The van der Waals surface area contributed by atoms with Crippen LogP contribution in [0.1, 0.15) is 139 Å². The van der Waals surface area contributed by atoms with Crippen molar-refractivity contribution in [1.29, 1.82) is 0 Å². The summed E-state index contributed by atoms with van der Waals surface area (Å²) >= 11 is 0. The maximum absolute atomic E-state index is 12.2. The number of hydrogen-bond donors (Lipinski definition) is 4. The summed E-state index contributed by atoms with van der Waals surface area (Å²) in [5.74, 6) is -0.830. The Labute approximate surface area is 236 Å². The number of unbranched alkanes of at least 4 members (excludes halogenated alkanes) is 14. The number of nitrogens with one attached hydrogen (secondary N) is 1. The number of hydrogen-bond acceptors (Lipinski definition) is 5. The summed E-state index contributed by atoms with van der Waals surface area (Å²) in [6.45, 7) is 2.36. The van der Waals surface area contributed by atoms with Crippen molar-refractivity contribution in [3.05, 3.63) is 29.8 Å². The number of carbonyl (C=O) groups is 3. The fraction of sp³-hybridized carbons (Fsp3) is 0.710. The van der Waals surface area contributed by atoms with E-state index < -0.39 is 13.1 Å². The highest BCUT2D eigenvalue weighted by Crippen LogP contribution is 2.15. The lowest BCUT2D eigenvalue weighted by atomic mass is 9.80. The van der Waals surface area contributed by atoms with Crippen LogP contribution in [0.2, 0.25) is 0 Å². The number of Topliss-reactive ketones (excluding diaryl/α,β-unsaturated/α-hetero) is 1. The Bertz CT molecular complexity index is 799. The number of carboxylic acid groups (broad SMARTS) is 1. The molecule has 1 amide bonds. The summed E-state index contributed by atoms with van der Waals surface area (Å²) in [6, 6.07) is 6.50. The second kappa shape index (κ2) is 22.6. The molecule has 0 unspecified atom stereocenters. The molecule has 8 heteroatoms. The quantitative estimate of drug-likeness (QED) is 0.0700. The minimum absolute atomic E-state index is 0.113. The predicted molar refractivity (Wildman–Crippen MR) is 158 cm³/mol. The van der Waals surface area contributed by atoms with E-state index in [-0.39, 0.29) is 17.6 Å². The number of aliphatic carboxylic acids is 1. The lowest BCUT2D eigenvalue weighted by Gasteiger charge is -2.07. The van der Waals surface area contributed by atoms with Gasteiger partial charge in [-0.15, -0.1) is 0 Å². The third kappa shape index (κ3) is 18.7. The summed E-state index contributed by atoms with van der Waals surface area (Å²) in [4.78, 5) is 34.8. The average molecular weight is 546 g/mol. The van der Waals surface area contributed by atoms with E-state index in [1.54, 1.807) is 31.2 Å². The first-order chi connectivity index (χ1) is 18.8. The van der Waals surface area contributed by atoms with Gasteiger partial charge in [-0.2, -0.15) is 0 Å². The van der Waals surface area contributed by atoms with Crippen molar-refractivity contribution in [3.63, 3.8) is 0 Å². The van der Waals surface area contributed by atoms with E-state index in [2.05, 4.69) is 5.32 Å². The van der Waals surface area contributed by atoms with E-state index in [0.29, 0.717) is 36.8 Å². The number of benzene rings is 1. The van der Waals surface area contributed by atoms with Crippen LogP contribution in [0.15, 0.2) is 24.3 Å². The second-order valence-corrected chi connectivity index (χ2v) is 11.0. The van der Waals surface area contributed by atoms with Crippen molar-refractivity contribution in [1.82, 2.24) is 5.32 Å². The van der Waals surface area contributed by atoms with Gasteiger partial charge in [-0.1, -0.05) is 115 Å². The van der Waals surface area contributed by atoms with E-state index in [9.17, 15) is 14.4 Å². The Morgan fingerprint density at radius 2 is 1.15 bits per heavy atom. The van der Waals surface area contributed by atoms with Crippen molar-refractivity contribution < 1.29 is 29.5 Å². The predicted octanol–water partition coefficient (Wildman–Crippen LogP) is 5.80. The summed E-state index contributed by atoms with van der Waals surface area (Å²) in [5.41, 5.74) is 1.03. The number of carboxylic acids is 1. The third-order valence-electron chi connectivity index (χ3n) is 7.40. The zero-order valence-corrected chi connectivity index (χ0v) is 24.2. The standard InChI is InChI=1S/C31H52BNO6/c1-26(31(36)37)18-16-17-25-33-30(35)20-15-13-11-9-7-5-3-2-4-6-8-10-12-14-19-29(34)27-21-23-28(24-22-27)32(38)39/h21-24,26,38-39H,2-20,25H2,1H3,(H,33,35)(H,36,37)/t26-/m0/s1. The fourth-order valence-electron chi connectivity index (χ4n) is 4.69. The van der Waals surface area contributed by atoms with Gasteiger partial charge in [0.15, 0.2) is 5.78 Å². The molecule has 0 spiro atoms. The lowest BCUT2D eigenvalue weighted by molar-refractivity contribution is -0.141. The molecule has 0 heterocycles. The molecular weight excluding hydrogens is 493 g/mol. The second-order valence-electron chi connectivity index (χ2n) is 11.0. The van der Waals surface area contributed by atoms with Crippen molar-refractivity contribution in [3.8, 4) is 0 Å². The van der Waals surface area contributed by atoms with Crippen LogP contribution >= 0.6 is 0 Å². The smallest absolute Gasteiger partial charge is 0.481 e. The largest absolute Gasteiger partial charge is 0.488 e. The van der Waals surface area contributed by atoms with Gasteiger partial charge in [0.1, 0.15) is 0 Å². The summed E-state index contributed by atoms with van der Waals surface area (Å²) < 4.78 is 0. The molecule has 1 rings (SSSR count). The van der Waals surface area contributed by atoms with Crippen molar-refractivity contribution in [2.75, 3.05) is 6.54 Å². The zero-order chi connectivity index (χ0) is 28.7. The van der Waals surface area contributed by atoms with Gasteiger partial charge in [0.2, 0.25) is 5.91 Å². The molecule has 0 fully saturated rings. The number of rotatable bonds is 25. The van der Waals surface area contributed by atoms with Gasteiger partial charge in [-0.25, -0.2) is 0 Å². The zero-order valence-electron chi connectivity index (χ0n) is 24.2. The molecule has 0 bridgehead atoms. The molecule has 0 radical (unpaired) electrons. The van der Waals surface area contributed by atoms with Crippen LogP contribution < -0.4 is 10.8 Å². The topological polar surface area (TPSA) is 124 Å². The minimum Gasteiger partial charge on any atom is -0.481 e. The first-order valence-corrected chi connectivity index (χ1v) is 15.3. The van der Waals surface area contributed by atoms with Gasteiger partial charge in [-0.3, -0.25) is 14.4 Å². The Hall–Kier alpha value is -2.19. The maximum atomic E-state index is 12.2. The fourth-order valence-corrected chi connectivity index (χ4v) is 4.69. The molecule has 0 aliphatic carbocycles. The highest BCUT2D eigenvalue weighted by atomic mass is 16.4. The molecule has 0 saturated heterocycles. The molecule has 1 atom stereocenters. The van der Waals surface area contributed by atoms with Crippen LogP contribution in [0.5, 0.6) is 0 Å². The van der Waals surface area contributed by atoms with Crippen LogP contribution in [0.3, 0.4) is 0 Å². The average Bonchev–Trinajstić information content (AvgIpc) is 2.92. The first kappa shape index (κ1) is 34.8. The van der Waals surface area contributed by atoms with Crippen LogP contribution in [-0.4, -0.2) is 46.5 Å². The van der Waals surface area contributed by atoms with Crippen LogP contribution in [0.4, 0.5) is 0 Å². The molecule has 0 aliphatic rings. The molecular formula is C31H52BNO6. The van der Waals surface area contributed by atoms with E-state index in [4.69, 9.17) is 15.2 Å². The number of amides is 1. The van der Waals surface area contributed by atoms with Gasteiger partial charge >= 0.3 is 13.1 Å². The molecule has 4 N–H and O–H groups in total. The molecule has 0 aliphatic heterocycles. The van der Waals surface area contributed by atoms with E-state index in [1.807, 2.05) is 0 Å². The SMILES string of the molecule is C[C@@H](CCCCNC(=O)CCCCCCCCCCCCCCCCC(=O)c1ccc(B(O)O)cc1)C(=O)O. The highest BCUT2D eigenvalue weighted by Gasteiger charge is 2.12. The normalized spacial score (nSPS) is 11.8. The molecule has 220 valence electrons. The maximum Gasteiger partial charge on any atom is 0.488 e. The number of ketones is 1. The highest BCUT2D eigenvalue weighted by molar-refractivity contribution is 6.58. The van der Waals surface area contributed by atoms with E-state index in [0.717, 1.165) is 38.5 Å². The Morgan fingerprint density at radius 1 is 0.692 bits per heavy atom. The van der Waals surface area contributed by atoms with Crippen molar-refractivity contribution >= 4 is 30.2 Å². The van der Waals surface area contributed by atoms with Gasteiger partial charge < -0.3 is 20.5 Å². The van der Waals surface area contributed by atoms with Gasteiger partial charge in [-0.05, 0) is 31.1 Å². The van der Waals surface area contributed by atoms with Crippen LogP contribution in [0.25, 0.3) is 0 Å². The minimum atomic E-state index is -1.50. The number of carbonyl (C=O) groups excluding carboxylic acids is 2. The Morgan fingerprint density at radius 3 is 1.62 bits per heavy atom. The van der Waals surface area contributed by atoms with Gasteiger partial charge in [0.05, 0.1) is 5.92 Å². The van der Waals surface area contributed by atoms with E-state index in [1.165, 1.54) is 64.2 Å². The van der Waals surface area contributed by atoms with Gasteiger partial charge in [0.25, 0.3) is 0 Å². The first-order valence-electron chi connectivity index (χ1n) is 15.3. The monoisotopic (exact) mass is 545 g/mol. The lowest BCUT2D eigenvalue weighted by Crippen LogP contribution is -2.29. The summed E-state index contributed by atoms with van der Waals surface area (Å²) in [6.07, 6.45) is 20.1. The van der Waals surface area contributed by atoms with Crippen LogP contribution in [-0.2, 0) is 9.59 Å². The summed E-state index contributed by atoms with van der Waals surface area (Å²) in [7, 11) is -1.50. The van der Waals surface area contributed by atoms with E-state index >= 15 is 0 Å².